The molecular formula is C13H23NO4. The lowest BCUT2D eigenvalue weighted by atomic mass is 9.85. The third-order valence-electron chi connectivity index (χ3n) is 3.68. The summed E-state index contributed by atoms with van der Waals surface area (Å²) in [5, 5.41) is 12.0. The Bertz CT molecular complexity index is 293. The molecule has 0 atom stereocenters. The summed E-state index contributed by atoms with van der Waals surface area (Å²) in [6.45, 7) is 4.97. The Morgan fingerprint density at radius 3 is 2.28 bits per heavy atom. The van der Waals surface area contributed by atoms with E-state index in [0.29, 0.717) is 26.1 Å². The molecule has 0 aliphatic carbocycles. The fourth-order valence-electron chi connectivity index (χ4n) is 2.42. The Balaban J connectivity index is 2.71. The lowest BCUT2D eigenvalue weighted by Crippen LogP contribution is -2.54. The van der Waals surface area contributed by atoms with Crippen LogP contribution >= 0.6 is 0 Å². The number of amides is 1. The number of hydrogen-bond acceptors (Lipinski definition) is 3. The third-order valence-corrected chi connectivity index (χ3v) is 3.68. The van der Waals surface area contributed by atoms with E-state index in [2.05, 4.69) is 5.32 Å². The normalized spacial score (nSPS) is 18.6. The molecular weight excluding hydrogens is 234 g/mol. The van der Waals surface area contributed by atoms with Crippen molar-refractivity contribution in [1.29, 1.82) is 0 Å². The Kier molecular flexibility index (Phi) is 5.59. The van der Waals surface area contributed by atoms with E-state index in [4.69, 9.17) is 9.84 Å². The zero-order valence-corrected chi connectivity index (χ0v) is 11.2. The van der Waals surface area contributed by atoms with Crippen LogP contribution in [0.15, 0.2) is 0 Å². The van der Waals surface area contributed by atoms with E-state index < -0.39 is 11.5 Å². The van der Waals surface area contributed by atoms with Gasteiger partial charge in [-0.2, -0.15) is 0 Å². The molecule has 1 saturated heterocycles. The number of nitrogens with one attached hydrogen (secondary N) is 1. The molecule has 1 amide bonds. The fourth-order valence-corrected chi connectivity index (χ4v) is 2.42. The molecule has 0 unspecified atom stereocenters. The maximum Gasteiger partial charge on any atom is 0.305 e. The van der Waals surface area contributed by atoms with Crippen LogP contribution in [-0.4, -0.2) is 35.7 Å². The third kappa shape index (κ3) is 3.98. The maximum atomic E-state index is 12.1. The van der Waals surface area contributed by atoms with Gasteiger partial charge in [-0.05, 0) is 25.7 Å². The molecule has 0 radical (unpaired) electrons. The van der Waals surface area contributed by atoms with E-state index in [1.807, 2.05) is 13.8 Å². The lowest BCUT2D eigenvalue weighted by molar-refractivity contribution is -0.141. The highest BCUT2D eigenvalue weighted by molar-refractivity contribution is 5.80. The van der Waals surface area contributed by atoms with E-state index in [1.54, 1.807) is 0 Å². The predicted molar refractivity (Wildman–Crippen MR) is 67.3 cm³/mol. The second kappa shape index (κ2) is 6.73. The topological polar surface area (TPSA) is 75.6 Å². The molecule has 1 aliphatic heterocycles. The van der Waals surface area contributed by atoms with Gasteiger partial charge in [0.1, 0.15) is 0 Å². The van der Waals surface area contributed by atoms with Gasteiger partial charge in [0.25, 0.3) is 0 Å². The number of hydrogen-bond donors (Lipinski definition) is 2. The lowest BCUT2D eigenvalue weighted by Gasteiger charge is -2.37. The van der Waals surface area contributed by atoms with Crippen LogP contribution in [0.4, 0.5) is 0 Å². The number of carboxylic acid groups (broad SMARTS) is 1. The summed E-state index contributed by atoms with van der Waals surface area (Å²) in [5.74, 6) is -0.927. The standard InChI is InChI=1S/C13H23NO4/c1-3-10(4-2)12(17)14-13(9-11(15)16)5-7-18-8-6-13/h10H,3-9H2,1-2H3,(H,14,17)(H,15,16). The Morgan fingerprint density at radius 1 is 1.28 bits per heavy atom. The molecule has 2 N–H and O–H groups in total. The second-order valence-electron chi connectivity index (χ2n) is 4.97. The van der Waals surface area contributed by atoms with Gasteiger partial charge in [-0.15, -0.1) is 0 Å². The van der Waals surface area contributed by atoms with Gasteiger partial charge >= 0.3 is 5.97 Å². The van der Waals surface area contributed by atoms with Crippen LogP contribution in [0.5, 0.6) is 0 Å². The molecule has 5 nitrogen and oxygen atoms in total. The molecule has 104 valence electrons. The largest absolute Gasteiger partial charge is 0.481 e. The van der Waals surface area contributed by atoms with E-state index in [9.17, 15) is 9.59 Å². The highest BCUT2D eigenvalue weighted by Gasteiger charge is 2.37. The van der Waals surface area contributed by atoms with Crippen molar-refractivity contribution in [2.45, 2.75) is 51.5 Å². The Labute approximate surface area is 108 Å². The van der Waals surface area contributed by atoms with Gasteiger partial charge < -0.3 is 15.2 Å². The quantitative estimate of drug-likeness (QED) is 0.757. The molecule has 0 aromatic heterocycles. The highest BCUT2D eigenvalue weighted by Crippen LogP contribution is 2.25. The van der Waals surface area contributed by atoms with Crippen molar-refractivity contribution >= 4 is 11.9 Å². The minimum atomic E-state index is -0.873. The zero-order valence-electron chi connectivity index (χ0n) is 11.2. The predicted octanol–water partition coefficient (Wildman–Crippen LogP) is 1.56. The first-order valence-corrected chi connectivity index (χ1v) is 6.64. The number of aliphatic carboxylic acids is 1. The first kappa shape index (κ1) is 15.0. The Morgan fingerprint density at radius 2 is 1.83 bits per heavy atom. The second-order valence-corrected chi connectivity index (χ2v) is 4.97. The summed E-state index contributed by atoms with van der Waals surface area (Å²) in [6.07, 6.45) is 2.68. The average molecular weight is 257 g/mol. The summed E-state index contributed by atoms with van der Waals surface area (Å²) < 4.78 is 5.26. The molecule has 1 heterocycles. The maximum absolute atomic E-state index is 12.1. The van der Waals surface area contributed by atoms with Gasteiger partial charge in [-0.1, -0.05) is 13.8 Å². The van der Waals surface area contributed by atoms with Crippen LogP contribution in [-0.2, 0) is 14.3 Å². The van der Waals surface area contributed by atoms with Crippen molar-refractivity contribution < 1.29 is 19.4 Å². The molecule has 1 aliphatic rings. The summed E-state index contributed by atoms with van der Waals surface area (Å²) in [7, 11) is 0. The molecule has 5 heteroatoms. The summed E-state index contributed by atoms with van der Waals surface area (Å²) in [6, 6.07) is 0. The van der Waals surface area contributed by atoms with Gasteiger partial charge in [0.05, 0.1) is 12.0 Å². The molecule has 0 saturated carbocycles. The summed E-state index contributed by atoms with van der Waals surface area (Å²) in [5.41, 5.74) is -0.621. The zero-order chi connectivity index (χ0) is 13.6. The van der Waals surface area contributed by atoms with Crippen molar-refractivity contribution in [2.75, 3.05) is 13.2 Å². The van der Waals surface area contributed by atoms with Crippen LogP contribution in [0.1, 0.15) is 46.0 Å². The van der Waals surface area contributed by atoms with Crippen molar-refractivity contribution in [1.82, 2.24) is 5.32 Å². The fraction of sp³-hybridized carbons (Fsp3) is 0.846. The summed E-state index contributed by atoms with van der Waals surface area (Å²) in [4.78, 5) is 23.1. The number of ether oxygens (including phenoxy) is 1. The SMILES string of the molecule is CCC(CC)C(=O)NC1(CC(=O)O)CCOCC1. The van der Waals surface area contributed by atoms with Gasteiger partial charge in [-0.3, -0.25) is 9.59 Å². The minimum Gasteiger partial charge on any atom is -0.481 e. The number of carbonyl (C=O) groups is 2. The molecule has 0 aromatic carbocycles. The van der Waals surface area contributed by atoms with Crippen molar-refractivity contribution in [3.8, 4) is 0 Å². The molecule has 1 rings (SSSR count). The Hall–Kier alpha value is -1.10. The summed E-state index contributed by atoms with van der Waals surface area (Å²) >= 11 is 0. The van der Waals surface area contributed by atoms with Crippen LogP contribution in [0, 0.1) is 5.92 Å². The molecule has 18 heavy (non-hydrogen) atoms. The van der Waals surface area contributed by atoms with E-state index in [0.717, 1.165) is 12.8 Å². The number of carbonyl (C=O) groups excluding carboxylic acids is 1. The molecule has 0 bridgehead atoms. The van der Waals surface area contributed by atoms with Crippen LogP contribution in [0.2, 0.25) is 0 Å². The van der Waals surface area contributed by atoms with E-state index in [1.165, 1.54) is 0 Å². The van der Waals surface area contributed by atoms with Crippen molar-refractivity contribution in [2.24, 2.45) is 5.92 Å². The van der Waals surface area contributed by atoms with Crippen molar-refractivity contribution in [3.05, 3.63) is 0 Å². The van der Waals surface area contributed by atoms with Crippen LogP contribution in [0.3, 0.4) is 0 Å². The molecule has 1 fully saturated rings. The van der Waals surface area contributed by atoms with E-state index in [-0.39, 0.29) is 18.2 Å². The number of rotatable bonds is 6. The highest BCUT2D eigenvalue weighted by atomic mass is 16.5. The number of carboxylic acids is 1. The minimum absolute atomic E-state index is 0.0249. The van der Waals surface area contributed by atoms with Gasteiger partial charge in [-0.25, -0.2) is 0 Å². The van der Waals surface area contributed by atoms with Gasteiger partial charge in [0, 0.05) is 19.1 Å². The average Bonchev–Trinajstić information content (AvgIpc) is 2.30. The van der Waals surface area contributed by atoms with Gasteiger partial charge in [0.15, 0.2) is 0 Å². The molecule has 0 spiro atoms. The first-order valence-electron chi connectivity index (χ1n) is 6.64. The van der Waals surface area contributed by atoms with Crippen LogP contribution in [0.25, 0.3) is 0 Å². The molecule has 0 aromatic rings. The van der Waals surface area contributed by atoms with Gasteiger partial charge in [0.2, 0.25) is 5.91 Å². The van der Waals surface area contributed by atoms with E-state index >= 15 is 0 Å². The van der Waals surface area contributed by atoms with Crippen molar-refractivity contribution in [3.63, 3.8) is 0 Å². The monoisotopic (exact) mass is 257 g/mol. The first-order chi connectivity index (χ1) is 8.53. The smallest absolute Gasteiger partial charge is 0.305 e. The van der Waals surface area contributed by atoms with Crippen LogP contribution < -0.4 is 5.32 Å².